The lowest BCUT2D eigenvalue weighted by molar-refractivity contribution is 0.0691. The second-order valence-corrected chi connectivity index (χ2v) is 7.37. The van der Waals surface area contributed by atoms with Gasteiger partial charge in [-0.1, -0.05) is 12.1 Å². The quantitative estimate of drug-likeness (QED) is 0.697. The molecule has 1 aromatic heterocycles. The van der Waals surface area contributed by atoms with E-state index < -0.39 is 11.9 Å². The topological polar surface area (TPSA) is 89.2 Å². The Labute approximate surface area is 173 Å². The molecule has 0 saturated heterocycles. The monoisotopic (exact) mass is 409 g/mol. The predicted octanol–water partition coefficient (Wildman–Crippen LogP) is 2.96. The molecule has 4 rings (SSSR count). The number of amides is 1. The Morgan fingerprint density at radius 1 is 1.07 bits per heavy atom. The molecule has 1 aliphatic rings. The summed E-state index contributed by atoms with van der Waals surface area (Å²) in [4.78, 5) is 28.1. The van der Waals surface area contributed by atoms with Gasteiger partial charge in [-0.2, -0.15) is 0 Å². The van der Waals surface area contributed by atoms with E-state index in [-0.39, 0.29) is 29.9 Å². The highest BCUT2D eigenvalue weighted by Crippen LogP contribution is 2.41. The number of aryl methyl sites for hydroxylation is 2. The number of hydrogen-bond acceptors (Lipinski definition) is 6. The minimum atomic E-state index is -0.694. The van der Waals surface area contributed by atoms with Crippen LogP contribution in [0.4, 0.5) is 0 Å². The first-order valence-electron chi connectivity index (χ1n) is 9.63. The van der Waals surface area contributed by atoms with E-state index in [9.17, 15) is 14.7 Å². The summed E-state index contributed by atoms with van der Waals surface area (Å²) in [7, 11) is 3.06. The summed E-state index contributed by atoms with van der Waals surface area (Å²) in [5.41, 5.74) is 2.83. The summed E-state index contributed by atoms with van der Waals surface area (Å²) >= 11 is 0. The van der Waals surface area contributed by atoms with Crippen LogP contribution in [-0.2, 0) is 0 Å². The van der Waals surface area contributed by atoms with Gasteiger partial charge in [0, 0.05) is 6.54 Å². The van der Waals surface area contributed by atoms with E-state index >= 15 is 0 Å². The number of β-amino-alcohol motifs (C(OH)–C–C–N with tert-alkyl or cyclic N) is 1. The number of hydrogen-bond donors (Lipinski definition) is 1. The molecule has 1 aliphatic heterocycles. The molecule has 0 saturated carbocycles. The smallest absolute Gasteiger partial charge is 0.290 e. The molecule has 2 aromatic carbocycles. The average Bonchev–Trinajstić information content (AvgIpc) is 2.99. The van der Waals surface area contributed by atoms with Crippen LogP contribution >= 0.6 is 0 Å². The molecule has 0 radical (unpaired) electrons. The molecular formula is C23H23NO6. The number of rotatable bonds is 5. The number of carbonyl (C=O) groups excluding carboxylic acids is 1. The third-order valence-electron chi connectivity index (χ3n) is 5.48. The Bertz CT molecular complexity index is 1210. The van der Waals surface area contributed by atoms with Crippen molar-refractivity contribution >= 4 is 16.9 Å². The van der Waals surface area contributed by atoms with Gasteiger partial charge >= 0.3 is 0 Å². The molecule has 7 nitrogen and oxygen atoms in total. The summed E-state index contributed by atoms with van der Waals surface area (Å²) in [5.74, 6) is 0.621. The van der Waals surface area contributed by atoms with Gasteiger partial charge in [0.25, 0.3) is 5.91 Å². The van der Waals surface area contributed by atoms with Crippen LogP contribution in [0.3, 0.4) is 0 Å². The van der Waals surface area contributed by atoms with Gasteiger partial charge in [0.05, 0.1) is 37.8 Å². The molecule has 0 aliphatic carbocycles. The van der Waals surface area contributed by atoms with Gasteiger partial charge in [-0.25, -0.2) is 0 Å². The van der Waals surface area contributed by atoms with Crippen molar-refractivity contribution < 1.29 is 23.8 Å². The number of carbonyl (C=O) groups is 1. The third kappa shape index (κ3) is 2.93. The lowest BCUT2D eigenvalue weighted by atomic mass is 9.96. The van der Waals surface area contributed by atoms with E-state index in [4.69, 9.17) is 13.9 Å². The number of methoxy groups -OCH3 is 2. The first-order valence-corrected chi connectivity index (χ1v) is 9.63. The van der Waals surface area contributed by atoms with Crippen molar-refractivity contribution in [2.24, 2.45) is 0 Å². The summed E-state index contributed by atoms with van der Waals surface area (Å²) in [6, 6.07) is 8.23. The highest BCUT2D eigenvalue weighted by Gasteiger charge is 2.42. The summed E-state index contributed by atoms with van der Waals surface area (Å²) < 4.78 is 16.7. The van der Waals surface area contributed by atoms with E-state index in [2.05, 4.69) is 0 Å². The fourth-order valence-electron chi connectivity index (χ4n) is 4.22. The van der Waals surface area contributed by atoms with Crippen molar-refractivity contribution in [1.82, 2.24) is 4.90 Å². The Hall–Kier alpha value is -3.32. The molecule has 1 atom stereocenters. The first-order chi connectivity index (χ1) is 14.4. The molecule has 0 fully saturated rings. The second kappa shape index (κ2) is 7.50. The Balaban J connectivity index is 2.01. The van der Waals surface area contributed by atoms with Gasteiger partial charge in [0.15, 0.2) is 16.9 Å². The number of aliphatic hydroxyl groups is 1. The summed E-state index contributed by atoms with van der Waals surface area (Å²) in [6.45, 7) is 3.59. The second-order valence-electron chi connectivity index (χ2n) is 7.37. The zero-order valence-electron chi connectivity index (χ0n) is 17.3. The summed E-state index contributed by atoms with van der Waals surface area (Å²) in [5, 5.41) is 10.0. The lowest BCUT2D eigenvalue weighted by Crippen LogP contribution is -2.32. The maximum atomic E-state index is 13.6. The van der Waals surface area contributed by atoms with Gasteiger partial charge in [-0.15, -0.1) is 0 Å². The molecule has 3 aromatic rings. The van der Waals surface area contributed by atoms with Crippen LogP contribution in [0.25, 0.3) is 11.0 Å². The minimum Gasteiger partial charge on any atom is -0.493 e. The Kier molecular flexibility index (Phi) is 4.99. The van der Waals surface area contributed by atoms with Crippen molar-refractivity contribution in [2.45, 2.75) is 19.9 Å². The molecule has 0 unspecified atom stereocenters. The van der Waals surface area contributed by atoms with E-state index in [1.807, 2.05) is 19.9 Å². The van der Waals surface area contributed by atoms with E-state index in [1.54, 1.807) is 24.3 Å². The Morgan fingerprint density at radius 3 is 2.47 bits per heavy atom. The van der Waals surface area contributed by atoms with Crippen LogP contribution in [0.15, 0.2) is 39.5 Å². The maximum absolute atomic E-state index is 13.6. The van der Waals surface area contributed by atoms with Crippen LogP contribution in [0, 0.1) is 13.8 Å². The molecule has 156 valence electrons. The van der Waals surface area contributed by atoms with Crippen LogP contribution in [0.5, 0.6) is 11.5 Å². The molecule has 30 heavy (non-hydrogen) atoms. The van der Waals surface area contributed by atoms with Gasteiger partial charge < -0.3 is 23.9 Å². The van der Waals surface area contributed by atoms with Crippen molar-refractivity contribution in [1.29, 1.82) is 0 Å². The normalized spacial score (nSPS) is 15.6. The molecule has 1 N–H and O–H groups in total. The van der Waals surface area contributed by atoms with E-state index in [1.165, 1.54) is 19.1 Å². The van der Waals surface area contributed by atoms with Gasteiger partial charge in [0.1, 0.15) is 5.58 Å². The first kappa shape index (κ1) is 20.0. The van der Waals surface area contributed by atoms with Gasteiger partial charge in [0.2, 0.25) is 5.76 Å². The molecular weight excluding hydrogens is 386 g/mol. The molecule has 1 amide bonds. The highest BCUT2D eigenvalue weighted by atomic mass is 16.5. The van der Waals surface area contributed by atoms with Crippen molar-refractivity contribution in [3.05, 3.63) is 68.6 Å². The van der Waals surface area contributed by atoms with Crippen LogP contribution in [0.2, 0.25) is 0 Å². The van der Waals surface area contributed by atoms with E-state index in [0.717, 1.165) is 11.1 Å². The molecule has 0 bridgehead atoms. The van der Waals surface area contributed by atoms with Crippen LogP contribution < -0.4 is 14.9 Å². The number of ether oxygens (including phenoxy) is 2. The number of nitrogens with zero attached hydrogens (tertiary/aromatic N) is 1. The fourth-order valence-corrected chi connectivity index (χ4v) is 4.22. The Morgan fingerprint density at radius 2 is 1.80 bits per heavy atom. The van der Waals surface area contributed by atoms with Gasteiger partial charge in [-0.3, -0.25) is 9.59 Å². The third-order valence-corrected chi connectivity index (χ3v) is 5.48. The SMILES string of the molecule is COc1ccc([C@@H]2c3c(oc4cc(C)cc(C)c4c3=O)C(=O)N2CCO)cc1OC. The fraction of sp³-hybridized carbons (Fsp3) is 0.304. The largest absolute Gasteiger partial charge is 0.493 e. The molecule has 7 heteroatoms. The predicted molar refractivity (Wildman–Crippen MR) is 111 cm³/mol. The minimum absolute atomic E-state index is 0.0192. The molecule has 2 heterocycles. The maximum Gasteiger partial charge on any atom is 0.290 e. The zero-order valence-corrected chi connectivity index (χ0v) is 17.3. The lowest BCUT2D eigenvalue weighted by Gasteiger charge is -2.25. The number of aliphatic hydroxyl groups excluding tert-OH is 1. The highest BCUT2D eigenvalue weighted by molar-refractivity contribution is 5.99. The standard InChI is InChI=1S/C23H23NO6/c1-12-9-13(2)18-17(10-12)30-22-19(21(18)26)20(24(7-8-25)23(22)27)14-5-6-15(28-3)16(11-14)29-4/h5-6,9-11,20,25H,7-8H2,1-4H3/t20-/m1/s1. The molecule has 0 spiro atoms. The van der Waals surface area contributed by atoms with Crippen LogP contribution in [-0.4, -0.2) is 43.3 Å². The number of benzene rings is 2. The van der Waals surface area contributed by atoms with Crippen LogP contribution in [0.1, 0.15) is 38.9 Å². The number of fused-ring (bicyclic) bond motifs is 2. The van der Waals surface area contributed by atoms with Crippen molar-refractivity contribution in [3.8, 4) is 11.5 Å². The average molecular weight is 409 g/mol. The summed E-state index contributed by atoms with van der Waals surface area (Å²) in [6.07, 6.45) is 0. The zero-order chi connectivity index (χ0) is 21.6. The van der Waals surface area contributed by atoms with Crippen molar-refractivity contribution in [2.75, 3.05) is 27.4 Å². The van der Waals surface area contributed by atoms with Gasteiger partial charge in [-0.05, 0) is 48.7 Å². The van der Waals surface area contributed by atoms with E-state index in [0.29, 0.717) is 28.0 Å². The van der Waals surface area contributed by atoms with Crippen molar-refractivity contribution in [3.63, 3.8) is 0 Å².